The molecular weight excluding hydrogens is 502 g/mol. The molecule has 4 rings (SSSR count). The number of carbonyl (C=O) groups excluding carboxylic acids is 2. The van der Waals surface area contributed by atoms with Crippen LogP contribution in [-0.4, -0.2) is 27.4 Å². The first-order chi connectivity index (χ1) is 19.1. The Morgan fingerprint density at radius 2 is 1.70 bits per heavy atom. The molecule has 204 valence electrons. The lowest BCUT2D eigenvalue weighted by Crippen LogP contribution is -2.32. The molecule has 1 heterocycles. The third-order valence-electron chi connectivity index (χ3n) is 6.10. The van der Waals surface area contributed by atoms with Gasteiger partial charge in [0.25, 0.3) is 5.91 Å². The summed E-state index contributed by atoms with van der Waals surface area (Å²) in [6, 6.07) is 28.9. The van der Waals surface area contributed by atoms with E-state index in [2.05, 4.69) is 21.8 Å². The number of amides is 2. The summed E-state index contributed by atoms with van der Waals surface area (Å²) in [6.07, 6.45) is -0.175. The number of ether oxygens (including phenoxy) is 1. The summed E-state index contributed by atoms with van der Waals surface area (Å²) in [5.41, 5.74) is 4.61. The zero-order valence-corrected chi connectivity index (χ0v) is 23.1. The van der Waals surface area contributed by atoms with Crippen molar-refractivity contribution in [3.8, 4) is 11.8 Å². The second-order valence-corrected chi connectivity index (χ2v) is 10.5. The fourth-order valence-electron chi connectivity index (χ4n) is 4.38. The van der Waals surface area contributed by atoms with E-state index in [9.17, 15) is 14.9 Å². The number of anilines is 1. The summed E-state index contributed by atoms with van der Waals surface area (Å²) in [7, 11) is 0. The van der Waals surface area contributed by atoms with Gasteiger partial charge in [-0.2, -0.15) is 10.4 Å². The lowest BCUT2D eigenvalue weighted by molar-refractivity contribution is 0.0523. The Morgan fingerprint density at radius 3 is 2.42 bits per heavy atom. The summed E-state index contributed by atoms with van der Waals surface area (Å²) in [6.45, 7) is 7.52. The lowest BCUT2D eigenvalue weighted by atomic mass is 9.89. The molecule has 0 bridgehead atoms. The highest BCUT2D eigenvalue weighted by molar-refractivity contribution is 6.03. The van der Waals surface area contributed by atoms with Crippen LogP contribution < -0.4 is 10.6 Å². The summed E-state index contributed by atoms with van der Waals surface area (Å²) >= 11 is 0. The van der Waals surface area contributed by atoms with Gasteiger partial charge >= 0.3 is 6.09 Å². The lowest BCUT2D eigenvalue weighted by Gasteiger charge is -2.19. The summed E-state index contributed by atoms with van der Waals surface area (Å²) < 4.78 is 6.90. The minimum Gasteiger partial charge on any atom is -0.444 e. The van der Waals surface area contributed by atoms with Gasteiger partial charge in [0.2, 0.25) is 0 Å². The standard InChI is InChI=1S/C32H33N5O3/c1-22-18-29(37(36-22)27-15-8-10-23(19-27)21-34-31(39)40-32(2,3)4)30(38)35-26-14-9-13-25(20-26)28(16-17-33)24-11-6-5-7-12-24/h5-15,18-20,28H,16,21H2,1-4H3,(H,34,39)(H,35,38). The van der Waals surface area contributed by atoms with Crippen LogP contribution in [0, 0.1) is 18.3 Å². The smallest absolute Gasteiger partial charge is 0.407 e. The molecule has 40 heavy (non-hydrogen) atoms. The van der Waals surface area contributed by atoms with Crippen LogP contribution in [0.4, 0.5) is 10.5 Å². The Labute approximate surface area is 234 Å². The molecule has 0 aliphatic carbocycles. The van der Waals surface area contributed by atoms with Gasteiger partial charge in [-0.25, -0.2) is 9.48 Å². The monoisotopic (exact) mass is 535 g/mol. The van der Waals surface area contributed by atoms with E-state index in [0.29, 0.717) is 29.2 Å². The van der Waals surface area contributed by atoms with Crippen molar-refractivity contribution in [2.45, 2.75) is 52.2 Å². The van der Waals surface area contributed by atoms with Crippen LogP contribution in [0.2, 0.25) is 0 Å². The molecule has 0 saturated carbocycles. The number of nitrogens with zero attached hydrogens (tertiary/aromatic N) is 3. The molecule has 8 heteroatoms. The molecule has 3 aromatic carbocycles. The van der Waals surface area contributed by atoms with Crippen LogP contribution in [0.15, 0.2) is 84.9 Å². The van der Waals surface area contributed by atoms with E-state index in [1.165, 1.54) is 0 Å². The van der Waals surface area contributed by atoms with Gasteiger partial charge in [-0.3, -0.25) is 4.79 Å². The van der Waals surface area contributed by atoms with E-state index in [1.807, 2.05) is 107 Å². The maximum Gasteiger partial charge on any atom is 0.407 e. The Morgan fingerprint density at radius 1 is 0.975 bits per heavy atom. The van der Waals surface area contributed by atoms with Crippen molar-refractivity contribution in [1.82, 2.24) is 15.1 Å². The molecule has 0 aliphatic heterocycles. The number of carbonyl (C=O) groups is 2. The van der Waals surface area contributed by atoms with Crippen LogP contribution in [0.25, 0.3) is 5.69 Å². The first-order valence-corrected chi connectivity index (χ1v) is 13.1. The number of nitrogens with one attached hydrogen (secondary N) is 2. The molecule has 4 aromatic rings. The maximum absolute atomic E-state index is 13.4. The molecule has 0 aliphatic rings. The molecule has 1 atom stereocenters. The predicted molar refractivity (Wildman–Crippen MR) is 154 cm³/mol. The molecule has 0 saturated heterocycles. The van der Waals surface area contributed by atoms with Crippen LogP contribution in [0.5, 0.6) is 0 Å². The van der Waals surface area contributed by atoms with Crippen LogP contribution in [0.1, 0.15) is 66.0 Å². The van der Waals surface area contributed by atoms with E-state index in [4.69, 9.17) is 4.74 Å². The highest BCUT2D eigenvalue weighted by Gasteiger charge is 2.19. The highest BCUT2D eigenvalue weighted by Crippen LogP contribution is 2.29. The van der Waals surface area contributed by atoms with E-state index >= 15 is 0 Å². The summed E-state index contributed by atoms with van der Waals surface area (Å²) in [5.74, 6) is -0.417. The van der Waals surface area contributed by atoms with Crippen LogP contribution in [-0.2, 0) is 11.3 Å². The topological polar surface area (TPSA) is 109 Å². The summed E-state index contributed by atoms with van der Waals surface area (Å²) in [4.78, 5) is 25.5. The number of rotatable bonds is 8. The molecule has 2 N–H and O–H groups in total. The first kappa shape index (κ1) is 28.1. The van der Waals surface area contributed by atoms with E-state index in [0.717, 1.165) is 16.7 Å². The normalized spacial score (nSPS) is 11.8. The molecular formula is C32H33N5O3. The van der Waals surface area contributed by atoms with Gasteiger partial charge in [0.1, 0.15) is 11.3 Å². The fraction of sp³-hybridized carbons (Fsp3) is 0.250. The van der Waals surface area contributed by atoms with Crippen molar-refractivity contribution < 1.29 is 14.3 Å². The third-order valence-corrected chi connectivity index (χ3v) is 6.10. The van der Waals surface area contributed by atoms with Gasteiger partial charge in [-0.15, -0.1) is 0 Å². The Kier molecular flexibility index (Phi) is 8.65. The van der Waals surface area contributed by atoms with E-state index in [-0.39, 0.29) is 18.4 Å². The van der Waals surface area contributed by atoms with Crippen molar-refractivity contribution in [2.75, 3.05) is 5.32 Å². The second kappa shape index (κ2) is 12.3. The Bertz CT molecular complexity index is 1530. The van der Waals surface area contributed by atoms with E-state index in [1.54, 1.807) is 10.7 Å². The van der Waals surface area contributed by atoms with Crippen molar-refractivity contribution in [3.05, 3.63) is 113 Å². The zero-order valence-electron chi connectivity index (χ0n) is 23.1. The number of alkyl carbamates (subject to hydrolysis) is 1. The van der Waals surface area contributed by atoms with Crippen LogP contribution >= 0.6 is 0 Å². The van der Waals surface area contributed by atoms with Gasteiger partial charge in [0.15, 0.2) is 0 Å². The second-order valence-electron chi connectivity index (χ2n) is 10.5. The molecule has 8 nitrogen and oxygen atoms in total. The van der Waals surface area contributed by atoms with Gasteiger partial charge in [0, 0.05) is 24.6 Å². The number of nitriles is 1. The predicted octanol–water partition coefficient (Wildman–Crippen LogP) is 6.50. The zero-order chi connectivity index (χ0) is 28.7. The SMILES string of the molecule is Cc1cc(C(=O)Nc2cccc(C(CC#N)c3ccccc3)c2)n(-c2cccc(CNC(=O)OC(C)(C)C)c2)n1. The van der Waals surface area contributed by atoms with Crippen molar-refractivity contribution >= 4 is 17.7 Å². The minimum absolute atomic E-state index is 0.104. The van der Waals surface area contributed by atoms with Crippen LogP contribution in [0.3, 0.4) is 0 Å². The molecule has 0 radical (unpaired) electrons. The average Bonchev–Trinajstić information content (AvgIpc) is 3.32. The quantitative estimate of drug-likeness (QED) is 0.268. The van der Waals surface area contributed by atoms with Crippen molar-refractivity contribution in [1.29, 1.82) is 5.26 Å². The van der Waals surface area contributed by atoms with Gasteiger partial charge < -0.3 is 15.4 Å². The fourth-order valence-corrected chi connectivity index (χ4v) is 4.38. The number of aryl methyl sites for hydroxylation is 1. The van der Waals surface area contributed by atoms with Gasteiger partial charge in [-0.1, -0.05) is 54.6 Å². The molecule has 0 spiro atoms. The molecule has 0 fully saturated rings. The summed E-state index contributed by atoms with van der Waals surface area (Å²) in [5, 5.41) is 19.7. The largest absolute Gasteiger partial charge is 0.444 e. The average molecular weight is 536 g/mol. The Hall–Kier alpha value is -4.90. The minimum atomic E-state index is -0.585. The third kappa shape index (κ3) is 7.35. The molecule has 2 amide bonds. The highest BCUT2D eigenvalue weighted by atomic mass is 16.6. The number of hydrogen-bond acceptors (Lipinski definition) is 5. The number of benzene rings is 3. The first-order valence-electron chi connectivity index (χ1n) is 13.1. The number of hydrogen-bond donors (Lipinski definition) is 2. The molecule has 1 unspecified atom stereocenters. The van der Waals surface area contributed by atoms with Crippen molar-refractivity contribution in [3.63, 3.8) is 0 Å². The van der Waals surface area contributed by atoms with E-state index < -0.39 is 11.7 Å². The maximum atomic E-state index is 13.4. The van der Waals surface area contributed by atoms with Crippen molar-refractivity contribution in [2.24, 2.45) is 0 Å². The Balaban J connectivity index is 1.53. The van der Waals surface area contributed by atoms with Gasteiger partial charge in [0.05, 0.1) is 17.5 Å². The number of aromatic nitrogens is 2. The van der Waals surface area contributed by atoms with Gasteiger partial charge in [-0.05, 0) is 74.7 Å². The molecule has 1 aromatic heterocycles.